The normalized spacial score (nSPS) is 15.4. The molecule has 0 amide bonds. The van der Waals surface area contributed by atoms with Crippen molar-refractivity contribution in [3.05, 3.63) is 119 Å². The van der Waals surface area contributed by atoms with Crippen LogP contribution >= 0.6 is 0 Å². The molecule has 0 atom stereocenters. The van der Waals surface area contributed by atoms with Gasteiger partial charge in [0.25, 0.3) is 0 Å². The Morgan fingerprint density at radius 3 is 2.14 bits per heavy atom. The van der Waals surface area contributed by atoms with Crippen LogP contribution in [0.2, 0.25) is 0 Å². The van der Waals surface area contributed by atoms with E-state index in [2.05, 4.69) is 106 Å². The van der Waals surface area contributed by atoms with Gasteiger partial charge in [-0.3, -0.25) is 0 Å². The third kappa shape index (κ3) is 2.92. The Bertz CT molecular complexity index is 1810. The molecule has 7 rings (SSSR count). The predicted molar refractivity (Wildman–Crippen MR) is 154 cm³/mol. The minimum atomic E-state index is -0.135. The van der Waals surface area contributed by atoms with Crippen molar-refractivity contribution in [3.63, 3.8) is 0 Å². The fourth-order valence-corrected chi connectivity index (χ4v) is 6.66. The number of hydrogen-bond donors (Lipinski definition) is 1. The molecule has 5 aromatic carbocycles. The topological polar surface area (TPSA) is 35.8 Å². The quantitative estimate of drug-likeness (QED) is 0.276. The molecule has 2 aliphatic carbocycles. The molecule has 2 aliphatic rings. The smallest absolute Gasteiger partial charge is 0.101 e. The van der Waals surface area contributed by atoms with E-state index in [1.54, 1.807) is 0 Å². The van der Waals surface area contributed by atoms with Gasteiger partial charge in [-0.2, -0.15) is 5.26 Å². The van der Waals surface area contributed by atoms with Crippen molar-refractivity contribution in [1.29, 1.82) is 5.26 Å². The number of anilines is 2. The molecule has 0 saturated heterocycles. The number of nitriles is 1. The van der Waals surface area contributed by atoms with Gasteiger partial charge in [0.15, 0.2) is 0 Å². The van der Waals surface area contributed by atoms with Gasteiger partial charge in [-0.05, 0) is 91.7 Å². The molecule has 0 saturated carbocycles. The Kier molecular flexibility index (Phi) is 4.34. The first-order chi connectivity index (χ1) is 17.8. The minimum Gasteiger partial charge on any atom is -0.354 e. The molecule has 0 spiro atoms. The maximum atomic E-state index is 9.52. The third-order valence-electron chi connectivity index (χ3n) is 8.69. The van der Waals surface area contributed by atoms with E-state index in [0.29, 0.717) is 5.56 Å². The second kappa shape index (κ2) is 7.34. The summed E-state index contributed by atoms with van der Waals surface area (Å²) in [6, 6.07) is 34.9. The van der Waals surface area contributed by atoms with E-state index >= 15 is 0 Å². The molecular weight excluding hydrogens is 448 g/mol. The molecule has 178 valence electrons. The van der Waals surface area contributed by atoms with E-state index in [4.69, 9.17) is 0 Å². The third-order valence-corrected chi connectivity index (χ3v) is 8.69. The van der Waals surface area contributed by atoms with Crippen LogP contribution in [0.4, 0.5) is 11.4 Å². The molecule has 2 heteroatoms. The van der Waals surface area contributed by atoms with Crippen molar-refractivity contribution < 1.29 is 0 Å². The predicted octanol–water partition coefficient (Wildman–Crippen LogP) is 9.07. The molecule has 5 aromatic rings. The fraction of sp³-hybridized carbons (Fsp3) is 0.171. The largest absolute Gasteiger partial charge is 0.354 e. The van der Waals surface area contributed by atoms with Gasteiger partial charge in [-0.25, -0.2) is 0 Å². The molecule has 37 heavy (non-hydrogen) atoms. The fourth-order valence-electron chi connectivity index (χ4n) is 6.66. The van der Waals surface area contributed by atoms with Crippen molar-refractivity contribution in [1.82, 2.24) is 0 Å². The lowest BCUT2D eigenvalue weighted by molar-refractivity contribution is 0.652. The molecule has 0 aliphatic heterocycles. The first kappa shape index (κ1) is 21.9. The number of benzene rings is 5. The summed E-state index contributed by atoms with van der Waals surface area (Å²) in [5.74, 6) is 0. The zero-order chi connectivity index (χ0) is 25.5. The Labute approximate surface area is 218 Å². The number of fused-ring (bicyclic) bond motifs is 8. The molecule has 2 nitrogen and oxygen atoms in total. The van der Waals surface area contributed by atoms with Gasteiger partial charge in [0, 0.05) is 16.5 Å². The SMILES string of the molecule is CC1(C)c2cc(Nc3ccccc3C#N)ccc2-c2cc3c(cc21)-c1c(ccc2ccccc12)C3(C)C. The number of para-hydroxylation sites is 1. The van der Waals surface area contributed by atoms with E-state index in [1.807, 2.05) is 24.3 Å². The lowest BCUT2D eigenvalue weighted by atomic mass is 9.79. The summed E-state index contributed by atoms with van der Waals surface area (Å²) in [5, 5.41) is 15.6. The van der Waals surface area contributed by atoms with Gasteiger partial charge in [-0.15, -0.1) is 0 Å². The molecule has 0 unspecified atom stereocenters. The standard InChI is InChI=1S/C35H28N2/c1-34(2)28-16-13-21-9-5-7-11-24(21)33(28)27-19-30-26(18-31(27)34)25-15-14-23(17-29(25)35(30,3)4)37-32-12-8-6-10-22(32)20-36/h5-19,37H,1-4H3. The highest BCUT2D eigenvalue weighted by molar-refractivity contribution is 6.03. The molecule has 0 fully saturated rings. The second-order valence-electron chi connectivity index (χ2n) is 11.4. The average molecular weight is 477 g/mol. The van der Waals surface area contributed by atoms with Gasteiger partial charge < -0.3 is 5.32 Å². The van der Waals surface area contributed by atoms with E-state index in [9.17, 15) is 5.26 Å². The molecular formula is C35H28N2. The number of hydrogen-bond acceptors (Lipinski definition) is 2. The van der Waals surface area contributed by atoms with Crippen LogP contribution in [0.25, 0.3) is 33.0 Å². The summed E-state index contributed by atoms with van der Waals surface area (Å²) in [6.45, 7) is 9.39. The van der Waals surface area contributed by atoms with E-state index < -0.39 is 0 Å². The zero-order valence-corrected chi connectivity index (χ0v) is 21.6. The van der Waals surface area contributed by atoms with Crippen LogP contribution in [-0.4, -0.2) is 0 Å². The highest BCUT2D eigenvalue weighted by Crippen LogP contribution is 2.57. The first-order valence-corrected chi connectivity index (χ1v) is 12.9. The minimum absolute atomic E-state index is 0.0564. The van der Waals surface area contributed by atoms with E-state index in [1.165, 1.54) is 55.3 Å². The summed E-state index contributed by atoms with van der Waals surface area (Å²) in [5.41, 5.74) is 13.2. The van der Waals surface area contributed by atoms with Gasteiger partial charge >= 0.3 is 0 Å². The van der Waals surface area contributed by atoms with Crippen molar-refractivity contribution in [2.75, 3.05) is 5.32 Å². The van der Waals surface area contributed by atoms with Crippen LogP contribution in [0.1, 0.15) is 55.5 Å². The summed E-state index contributed by atoms with van der Waals surface area (Å²) < 4.78 is 0. The number of nitrogens with zero attached hydrogens (tertiary/aromatic N) is 1. The Balaban J connectivity index is 1.40. The van der Waals surface area contributed by atoms with Gasteiger partial charge in [0.2, 0.25) is 0 Å². The van der Waals surface area contributed by atoms with Gasteiger partial charge in [-0.1, -0.05) is 82.3 Å². The molecule has 0 heterocycles. The maximum Gasteiger partial charge on any atom is 0.101 e. The van der Waals surface area contributed by atoms with Gasteiger partial charge in [0.05, 0.1) is 11.3 Å². The molecule has 1 N–H and O–H groups in total. The monoisotopic (exact) mass is 476 g/mol. The van der Waals surface area contributed by atoms with Crippen molar-refractivity contribution in [2.45, 2.75) is 38.5 Å². The summed E-state index contributed by atoms with van der Waals surface area (Å²) >= 11 is 0. The van der Waals surface area contributed by atoms with Crippen LogP contribution in [0.15, 0.2) is 91.0 Å². The summed E-state index contributed by atoms with van der Waals surface area (Å²) in [6.07, 6.45) is 0. The zero-order valence-electron chi connectivity index (χ0n) is 21.6. The molecule has 0 radical (unpaired) electrons. The summed E-state index contributed by atoms with van der Waals surface area (Å²) in [7, 11) is 0. The summed E-state index contributed by atoms with van der Waals surface area (Å²) in [4.78, 5) is 0. The van der Waals surface area contributed by atoms with Crippen LogP contribution < -0.4 is 5.32 Å². The van der Waals surface area contributed by atoms with Crippen molar-refractivity contribution in [3.8, 4) is 28.3 Å². The second-order valence-corrected chi connectivity index (χ2v) is 11.4. The lowest BCUT2D eigenvalue weighted by Gasteiger charge is -2.24. The highest BCUT2D eigenvalue weighted by atomic mass is 14.9. The molecule has 0 aromatic heterocycles. The van der Waals surface area contributed by atoms with Crippen LogP contribution in [0.5, 0.6) is 0 Å². The number of rotatable bonds is 2. The van der Waals surface area contributed by atoms with E-state index in [-0.39, 0.29) is 10.8 Å². The van der Waals surface area contributed by atoms with Crippen LogP contribution in [0, 0.1) is 11.3 Å². The Hall–Kier alpha value is -4.35. The maximum absolute atomic E-state index is 9.52. The first-order valence-electron chi connectivity index (χ1n) is 12.9. The van der Waals surface area contributed by atoms with E-state index in [0.717, 1.165) is 11.4 Å². The van der Waals surface area contributed by atoms with Crippen LogP contribution in [-0.2, 0) is 10.8 Å². The molecule has 0 bridgehead atoms. The number of nitrogens with one attached hydrogen (secondary N) is 1. The van der Waals surface area contributed by atoms with Crippen LogP contribution in [0.3, 0.4) is 0 Å². The Morgan fingerprint density at radius 2 is 1.30 bits per heavy atom. The van der Waals surface area contributed by atoms with Crippen molar-refractivity contribution >= 4 is 22.1 Å². The Morgan fingerprint density at radius 1 is 0.622 bits per heavy atom. The van der Waals surface area contributed by atoms with Gasteiger partial charge in [0.1, 0.15) is 6.07 Å². The highest BCUT2D eigenvalue weighted by Gasteiger charge is 2.42. The average Bonchev–Trinajstić information content (AvgIpc) is 3.27. The van der Waals surface area contributed by atoms with Crippen molar-refractivity contribution in [2.24, 2.45) is 0 Å². The lowest BCUT2D eigenvalue weighted by Crippen LogP contribution is -2.17.